The fourth-order valence-electron chi connectivity index (χ4n) is 5.66. The van der Waals surface area contributed by atoms with Crippen LogP contribution in [0, 0.1) is 11.8 Å². The molecule has 0 spiro atoms. The number of hydrogen-bond donors (Lipinski definition) is 3. The van der Waals surface area contributed by atoms with Crippen LogP contribution >= 0.6 is 0 Å². The van der Waals surface area contributed by atoms with Gasteiger partial charge in [0.2, 0.25) is 0 Å². The van der Waals surface area contributed by atoms with Crippen molar-refractivity contribution < 1.29 is 18.3 Å². The van der Waals surface area contributed by atoms with Gasteiger partial charge in [-0.25, -0.2) is 13.8 Å². The number of rotatable bonds is 6. The molecule has 8 rings (SSSR count). The lowest BCUT2D eigenvalue weighted by Crippen LogP contribution is -2.55. The Morgan fingerprint density at radius 3 is 2.85 bits per heavy atom. The molecule has 3 N–H and O–H groups in total. The normalized spacial score (nSPS) is 31.5. The van der Waals surface area contributed by atoms with Crippen LogP contribution in [0.4, 0.5) is 26.1 Å². The minimum Gasteiger partial charge on any atom is -0.375 e. The van der Waals surface area contributed by atoms with E-state index in [9.17, 15) is 18.4 Å². The number of pyridine rings is 1. The Bertz CT molecular complexity index is 1410. The van der Waals surface area contributed by atoms with Gasteiger partial charge < -0.3 is 25.3 Å². The number of halogens is 2. The zero-order valence-electron chi connectivity index (χ0n) is 18.1. The van der Waals surface area contributed by atoms with E-state index in [-0.39, 0.29) is 41.3 Å². The van der Waals surface area contributed by atoms with Gasteiger partial charge in [0.05, 0.1) is 30.5 Å². The quantitative estimate of drug-likeness (QED) is 0.502. The molecule has 2 unspecified atom stereocenters. The van der Waals surface area contributed by atoms with Crippen LogP contribution in [0.5, 0.6) is 0 Å². The molecular weight excluding hydrogens is 448 g/mol. The molecule has 12 heteroatoms. The Morgan fingerprint density at radius 1 is 1.35 bits per heavy atom. The summed E-state index contributed by atoms with van der Waals surface area (Å²) in [6, 6.07) is 3.93. The molecule has 34 heavy (non-hydrogen) atoms. The number of ether oxygens (including phenoxy) is 1. The van der Waals surface area contributed by atoms with Crippen molar-refractivity contribution in [2.75, 3.05) is 24.3 Å². The largest absolute Gasteiger partial charge is 0.375 e. The molecule has 3 aromatic rings. The molecule has 3 aliphatic carbocycles. The van der Waals surface area contributed by atoms with Gasteiger partial charge in [-0.3, -0.25) is 9.59 Å². The third-order valence-corrected chi connectivity index (χ3v) is 7.76. The second kappa shape index (κ2) is 6.32. The summed E-state index contributed by atoms with van der Waals surface area (Å²) in [5.41, 5.74) is 0.226. The van der Waals surface area contributed by atoms with Gasteiger partial charge >= 0.3 is 0 Å². The summed E-state index contributed by atoms with van der Waals surface area (Å²) in [4.78, 5) is 30.4. The number of anilines is 3. The number of amides is 1. The average molecular weight is 469 g/mol. The lowest BCUT2D eigenvalue weighted by Gasteiger charge is -2.36. The van der Waals surface area contributed by atoms with Gasteiger partial charge in [0.15, 0.2) is 5.65 Å². The average Bonchev–Trinajstić information content (AvgIpc) is 3.33. The standard InChI is InChI=1S/C22H21F2N7O3/c1-25-15-7-14(27-12-3-2-6-30(20(12)33)22-11-9-34-17(22)16(11)22)29-18-10(8-26-31(15)18)19(32)28-13-4-5-21(13,23)24/h2-3,6-8,11,13,16-17,25H,4-5,9H2,1H3,(H,27,29)(H,28,32)/t11-,13+,16-,17?,22?/m1/s1. The van der Waals surface area contributed by atoms with E-state index in [1.165, 1.54) is 10.7 Å². The van der Waals surface area contributed by atoms with Crippen LogP contribution in [0.2, 0.25) is 0 Å². The molecule has 5 fully saturated rings. The number of aromatic nitrogens is 4. The summed E-state index contributed by atoms with van der Waals surface area (Å²) >= 11 is 0. The molecule has 10 nitrogen and oxygen atoms in total. The summed E-state index contributed by atoms with van der Waals surface area (Å²) < 4.78 is 36.2. The molecule has 2 bridgehead atoms. The van der Waals surface area contributed by atoms with Crippen LogP contribution < -0.4 is 21.5 Å². The van der Waals surface area contributed by atoms with Crippen molar-refractivity contribution in [2.45, 2.75) is 36.4 Å². The maximum absolute atomic E-state index is 13.6. The van der Waals surface area contributed by atoms with Gasteiger partial charge in [-0.15, -0.1) is 0 Å². The topological polar surface area (TPSA) is 115 Å². The van der Waals surface area contributed by atoms with Crippen molar-refractivity contribution in [1.29, 1.82) is 0 Å². The third-order valence-electron chi connectivity index (χ3n) is 7.76. The summed E-state index contributed by atoms with van der Waals surface area (Å²) in [7, 11) is 1.68. The van der Waals surface area contributed by atoms with Crippen molar-refractivity contribution in [1.82, 2.24) is 24.5 Å². The number of carbonyl (C=O) groups is 1. The first-order chi connectivity index (χ1) is 16.4. The van der Waals surface area contributed by atoms with Gasteiger partial charge in [-0.05, 0) is 18.6 Å². The second-order valence-electron chi connectivity index (χ2n) is 9.39. The number of fused-ring (bicyclic) bond motifs is 2. The Balaban J connectivity index is 1.22. The van der Waals surface area contributed by atoms with E-state index in [1.807, 2.05) is 0 Å². The summed E-state index contributed by atoms with van der Waals surface area (Å²) in [5, 5.41) is 12.6. The van der Waals surface area contributed by atoms with E-state index >= 15 is 0 Å². The van der Waals surface area contributed by atoms with Gasteiger partial charge in [-0.2, -0.15) is 9.61 Å². The van der Waals surface area contributed by atoms with Gasteiger partial charge in [0.1, 0.15) is 22.9 Å². The molecule has 5 atom stereocenters. The second-order valence-corrected chi connectivity index (χ2v) is 9.39. The predicted molar refractivity (Wildman–Crippen MR) is 117 cm³/mol. The van der Waals surface area contributed by atoms with Crippen molar-refractivity contribution in [3.8, 4) is 0 Å². The maximum Gasteiger partial charge on any atom is 0.274 e. The van der Waals surface area contributed by atoms with E-state index in [1.54, 1.807) is 36.0 Å². The summed E-state index contributed by atoms with van der Waals surface area (Å²) in [6.45, 7) is 0.696. The zero-order valence-corrected chi connectivity index (χ0v) is 18.1. The highest BCUT2D eigenvalue weighted by atomic mass is 19.3. The highest BCUT2D eigenvalue weighted by Gasteiger charge is 2.93. The van der Waals surface area contributed by atoms with E-state index in [4.69, 9.17) is 4.74 Å². The highest BCUT2D eigenvalue weighted by molar-refractivity contribution is 6.00. The summed E-state index contributed by atoms with van der Waals surface area (Å²) in [6.07, 6.45) is 3.19. The molecule has 2 aliphatic heterocycles. The fraction of sp³-hybridized carbons (Fsp3) is 0.455. The third kappa shape index (κ3) is 2.41. The molecular formula is C22H21F2N7O3. The molecule has 1 amide bonds. The Morgan fingerprint density at radius 2 is 2.21 bits per heavy atom. The highest BCUT2D eigenvalue weighted by Crippen LogP contribution is 2.82. The van der Waals surface area contributed by atoms with Crippen molar-refractivity contribution >= 4 is 28.9 Å². The Kier molecular flexibility index (Phi) is 3.69. The first kappa shape index (κ1) is 19.9. The van der Waals surface area contributed by atoms with Gasteiger partial charge in [0, 0.05) is 37.6 Å². The molecule has 176 valence electrons. The molecule has 5 heterocycles. The predicted octanol–water partition coefficient (Wildman–Crippen LogP) is 1.56. The minimum atomic E-state index is -2.91. The minimum absolute atomic E-state index is 0.0692. The molecule has 3 saturated carbocycles. The molecule has 3 aromatic heterocycles. The van der Waals surface area contributed by atoms with Gasteiger partial charge in [0.25, 0.3) is 17.4 Å². The van der Waals surface area contributed by atoms with E-state index in [2.05, 4.69) is 26.0 Å². The number of nitrogens with one attached hydrogen (secondary N) is 3. The molecule has 2 saturated heterocycles. The van der Waals surface area contributed by atoms with E-state index in [0.717, 1.165) is 0 Å². The number of alkyl halides is 2. The first-order valence-corrected chi connectivity index (χ1v) is 11.2. The van der Waals surface area contributed by atoms with Crippen LogP contribution in [-0.2, 0) is 10.3 Å². The van der Waals surface area contributed by atoms with Crippen LogP contribution in [0.1, 0.15) is 23.2 Å². The van der Waals surface area contributed by atoms with E-state index < -0.39 is 17.9 Å². The molecule has 5 aliphatic rings. The van der Waals surface area contributed by atoms with Crippen LogP contribution in [0.3, 0.4) is 0 Å². The SMILES string of the molecule is CNc1cc(Nc2cccn(C34C5OC[C@@H]3[C@H]54)c2=O)nc2c(C(=O)N[C@H]3CCC3(F)F)cnn12. The summed E-state index contributed by atoms with van der Waals surface area (Å²) in [5.74, 6) is -1.92. The lowest BCUT2D eigenvalue weighted by atomic mass is 9.88. The molecule has 0 radical (unpaired) electrons. The van der Waals surface area contributed by atoms with Crippen molar-refractivity contribution in [2.24, 2.45) is 11.8 Å². The fourth-order valence-corrected chi connectivity index (χ4v) is 5.66. The smallest absolute Gasteiger partial charge is 0.274 e. The lowest BCUT2D eigenvalue weighted by molar-refractivity contribution is -0.102. The van der Waals surface area contributed by atoms with Crippen molar-refractivity contribution in [3.05, 3.63) is 46.5 Å². The Labute approximate surface area is 191 Å². The van der Waals surface area contributed by atoms with Crippen molar-refractivity contribution in [3.63, 3.8) is 0 Å². The number of hydrogen-bond acceptors (Lipinski definition) is 7. The van der Waals surface area contributed by atoms with E-state index in [0.29, 0.717) is 35.8 Å². The van der Waals surface area contributed by atoms with Crippen LogP contribution in [0.25, 0.3) is 5.65 Å². The Hall–Kier alpha value is -3.54. The van der Waals surface area contributed by atoms with Gasteiger partial charge in [-0.1, -0.05) is 0 Å². The monoisotopic (exact) mass is 469 g/mol. The van der Waals surface area contributed by atoms with Crippen LogP contribution in [0.15, 0.2) is 35.4 Å². The number of carbonyl (C=O) groups excluding carboxylic acids is 1. The first-order valence-electron chi connectivity index (χ1n) is 11.2. The zero-order chi connectivity index (χ0) is 23.4. The maximum atomic E-state index is 13.6. The molecule has 0 aromatic carbocycles. The number of nitrogens with zero attached hydrogens (tertiary/aromatic N) is 4. The van der Waals surface area contributed by atoms with Crippen LogP contribution in [-0.4, -0.2) is 56.8 Å².